The Hall–Kier alpha value is -1.47. The van der Waals surface area contributed by atoms with E-state index in [9.17, 15) is 4.79 Å². The van der Waals surface area contributed by atoms with Crippen LogP contribution < -0.4 is 0 Å². The number of carbonyl (C=O) groups is 1. The average Bonchev–Trinajstić information content (AvgIpc) is 3.23. The number of aromatic nitrogens is 3. The third kappa shape index (κ3) is 3.30. The predicted octanol–water partition coefficient (Wildman–Crippen LogP) is 0.711. The lowest BCUT2D eigenvalue weighted by molar-refractivity contribution is -0.144. The van der Waals surface area contributed by atoms with Crippen LogP contribution in [0, 0.1) is 5.92 Å². The summed E-state index contributed by atoms with van der Waals surface area (Å²) in [5.41, 5.74) is 0. The van der Waals surface area contributed by atoms with E-state index >= 15 is 0 Å². The molecule has 0 aromatic carbocycles. The van der Waals surface area contributed by atoms with E-state index < -0.39 is 0 Å². The van der Waals surface area contributed by atoms with Gasteiger partial charge in [0.2, 0.25) is 5.91 Å². The number of carbonyl (C=O) groups excluding carboxylic acids is 1. The number of ether oxygens (including phenoxy) is 2. The molecular weight excluding hydrogens is 284 g/mol. The number of methoxy groups -OCH3 is 1. The molecule has 3 atom stereocenters. The summed E-state index contributed by atoms with van der Waals surface area (Å²) in [5, 5.41) is 7.67. The van der Waals surface area contributed by atoms with Crippen molar-refractivity contribution in [3.63, 3.8) is 0 Å². The molecule has 3 rings (SSSR count). The Labute approximate surface area is 130 Å². The molecule has 1 aliphatic heterocycles. The minimum Gasteiger partial charge on any atom is -0.381 e. The number of amides is 1. The van der Waals surface area contributed by atoms with Gasteiger partial charge in [-0.25, -0.2) is 0 Å². The highest BCUT2D eigenvalue weighted by molar-refractivity contribution is 5.76. The Kier molecular flexibility index (Phi) is 5.04. The van der Waals surface area contributed by atoms with E-state index in [4.69, 9.17) is 9.47 Å². The van der Waals surface area contributed by atoms with Crippen LogP contribution in [0.1, 0.15) is 25.7 Å². The first-order valence-electron chi connectivity index (χ1n) is 8.03. The highest BCUT2D eigenvalue weighted by atomic mass is 16.5. The van der Waals surface area contributed by atoms with Gasteiger partial charge < -0.3 is 14.4 Å². The lowest BCUT2D eigenvalue weighted by Gasteiger charge is -2.40. The van der Waals surface area contributed by atoms with Crippen LogP contribution in [0.25, 0.3) is 0 Å². The van der Waals surface area contributed by atoms with Crippen molar-refractivity contribution in [1.29, 1.82) is 0 Å². The van der Waals surface area contributed by atoms with E-state index in [1.807, 2.05) is 4.90 Å². The van der Waals surface area contributed by atoms with Gasteiger partial charge in [-0.05, 0) is 12.8 Å². The number of aryl methyl sites for hydroxylation is 1. The van der Waals surface area contributed by atoms with Gasteiger partial charge in [0.05, 0.1) is 38.1 Å². The molecule has 7 heteroatoms. The molecule has 22 heavy (non-hydrogen) atoms. The van der Waals surface area contributed by atoms with Crippen molar-refractivity contribution >= 4 is 5.91 Å². The Morgan fingerprint density at radius 1 is 1.45 bits per heavy atom. The van der Waals surface area contributed by atoms with Crippen LogP contribution in [0.15, 0.2) is 12.4 Å². The van der Waals surface area contributed by atoms with Gasteiger partial charge in [0.25, 0.3) is 0 Å². The van der Waals surface area contributed by atoms with Crippen LogP contribution >= 0.6 is 0 Å². The van der Waals surface area contributed by atoms with Crippen LogP contribution in [0.2, 0.25) is 0 Å². The molecule has 2 fully saturated rings. The molecule has 0 spiro atoms. The summed E-state index contributed by atoms with van der Waals surface area (Å²) in [4.78, 5) is 14.6. The van der Waals surface area contributed by atoms with E-state index in [0.717, 1.165) is 12.8 Å². The number of hydrogen-bond acceptors (Lipinski definition) is 5. The summed E-state index contributed by atoms with van der Waals surface area (Å²) in [5.74, 6) is 0.561. The first-order valence-corrected chi connectivity index (χ1v) is 8.03. The topological polar surface area (TPSA) is 69.5 Å². The monoisotopic (exact) mass is 308 g/mol. The fourth-order valence-corrected chi connectivity index (χ4v) is 3.68. The molecule has 1 amide bonds. The maximum Gasteiger partial charge on any atom is 0.224 e. The van der Waals surface area contributed by atoms with Gasteiger partial charge in [-0.2, -0.15) is 0 Å². The van der Waals surface area contributed by atoms with Crippen molar-refractivity contribution in [2.45, 2.75) is 44.4 Å². The van der Waals surface area contributed by atoms with Gasteiger partial charge in [-0.15, -0.1) is 5.10 Å². The Bertz CT molecular complexity index is 479. The summed E-state index contributed by atoms with van der Waals surface area (Å²) in [7, 11) is 1.77. The molecular formula is C15H24N4O3. The highest BCUT2D eigenvalue weighted by Crippen LogP contribution is 2.34. The smallest absolute Gasteiger partial charge is 0.224 e. The van der Waals surface area contributed by atoms with Crippen LogP contribution in [0.5, 0.6) is 0 Å². The molecule has 122 valence electrons. The first kappa shape index (κ1) is 15.4. The first-order chi connectivity index (χ1) is 10.8. The van der Waals surface area contributed by atoms with Crippen molar-refractivity contribution in [3.8, 4) is 0 Å². The number of rotatable bonds is 5. The van der Waals surface area contributed by atoms with Crippen LogP contribution in [0.4, 0.5) is 0 Å². The molecule has 1 aliphatic carbocycles. The third-order valence-electron chi connectivity index (χ3n) is 4.81. The number of hydrogen-bond donors (Lipinski definition) is 0. The van der Waals surface area contributed by atoms with Gasteiger partial charge in [-0.1, -0.05) is 11.6 Å². The van der Waals surface area contributed by atoms with Crippen LogP contribution in [0.3, 0.4) is 0 Å². The summed E-state index contributed by atoms with van der Waals surface area (Å²) in [6, 6.07) is 0.143. The van der Waals surface area contributed by atoms with Gasteiger partial charge in [0, 0.05) is 32.2 Å². The van der Waals surface area contributed by atoms with Gasteiger partial charge in [0.1, 0.15) is 0 Å². The maximum atomic E-state index is 12.6. The number of nitrogens with zero attached hydrogens (tertiary/aromatic N) is 4. The summed E-state index contributed by atoms with van der Waals surface area (Å²) < 4.78 is 12.9. The van der Waals surface area contributed by atoms with E-state index in [1.165, 1.54) is 6.42 Å². The van der Waals surface area contributed by atoms with Crippen LogP contribution in [-0.4, -0.2) is 64.8 Å². The zero-order valence-corrected chi connectivity index (χ0v) is 13.1. The number of morpholine rings is 1. The van der Waals surface area contributed by atoms with E-state index in [-0.39, 0.29) is 18.1 Å². The molecule has 1 aromatic heterocycles. The molecule has 1 aromatic rings. The Morgan fingerprint density at radius 2 is 2.36 bits per heavy atom. The van der Waals surface area contributed by atoms with Crippen molar-refractivity contribution in [1.82, 2.24) is 19.9 Å². The minimum atomic E-state index is 0.143. The molecule has 0 bridgehead atoms. The zero-order valence-electron chi connectivity index (χ0n) is 13.1. The quantitative estimate of drug-likeness (QED) is 0.801. The third-order valence-corrected chi connectivity index (χ3v) is 4.81. The maximum absolute atomic E-state index is 12.6. The average molecular weight is 308 g/mol. The van der Waals surface area contributed by atoms with E-state index in [2.05, 4.69) is 10.3 Å². The van der Waals surface area contributed by atoms with Crippen molar-refractivity contribution < 1.29 is 14.3 Å². The molecule has 1 saturated heterocycles. The zero-order chi connectivity index (χ0) is 15.4. The predicted molar refractivity (Wildman–Crippen MR) is 79.1 cm³/mol. The molecule has 0 radical (unpaired) electrons. The van der Waals surface area contributed by atoms with E-state index in [1.54, 1.807) is 24.2 Å². The molecule has 2 aliphatic rings. The van der Waals surface area contributed by atoms with Crippen LogP contribution in [-0.2, 0) is 20.8 Å². The largest absolute Gasteiger partial charge is 0.381 e. The summed E-state index contributed by atoms with van der Waals surface area (Å²) in [6.45, 7) is 2.49. The van der Waals surface area contributed by atoms with Crippen molar-refractivity contribution in [3.05, 3.63) is 12.4 Å². The standard InChI is InChI=1S/C15H24N4O3/c1-21-14-4-2-3-12(14)13-11-22-10-9-19(13)15(20)5-7-18-8-6-16-17-18/h6,8,12-14H,2-5,7,9-11H2,1H3/t12-,13+,14-/m1/s1. The van der Waals surface area contributed by atoms with Crippen molar-refractivity contribution in [2.24, 2.45) is 5.92 Å². The second-order valence-electron chi connectivity index (χ2n) is 6.01. The Morgan fingerprint density at radius 3 is 3.14 bits per heavy atom. The van der Waals surface area contributed by atoms with Crippen molar-refractivity contribution in [2.75, 3.05) is 26.9 Å². The highest BCUT2D eigenvalue weighted by Gasteiger charge is 2.40. The molecule has 2 heterocycles. The molecule has 0 N–H and O–H groups in total. The lowest BCUT2D eigenvalue weighted by Crippen LogP contribution is -2.53. The molecule has 7 nitrogen and oxygen atoms in total. The second-order valence-corrected chi connectivity index (χ2v) is 6.01. The van der Waals surface area contributed by atoms with Gasteiger partial charge in [-0.3, -0.25) is 9.48 Å². The Balaban J connectivity index is 1.62. The fraction of sp³-hybridized carbons (Fsp3) is 0.800. The SMILES string of the molecule is CO[C@@H]1CCC[C@@H]1[C@@H]1COCCN1C(=O)CCn1ccnn1. The normalized spacial score (nSPS) is 29.0. The molecule has 0 unspecified atom stereocenters. The lowest BCUT2D eigenvalue weighted by atomic mass is 9.94. The second kappa shape index (κ2) is 7.19. The molecule has 1 saturated carbocycles. The van der Waals surface area contributed by atoms with Gasteiger partial charge >= 0.3 is 0 Å². The van der Waals surface area contributed by atoms with Gasteiger partial charge in [0.15, 0.2) is 0 Å². The summed E-state index contributed by atoms with van der Waals surface area (Å²) >= 11 is 0. The summed E-state index contributed by atoms with van der Waals surface area (Å²) in [6.07, 6.45) is 7.46. The van der Waals surface area contributed by atoms with E-state index in [0.29, 0.717) is 38.6 Å². The fourth-order valence-electron chi connectivity index (χ4n) is 3.68. The minimum absolute atomic E-state index is 0.143.